The van der Waals surface area contributed by atoms with Gasteiger partial charge in [-0.3, -0.25) is 9.59 Å². The topological polar surface area (TPSA) is 70.2 Å². The molecule has 0 aromatic rings. The predicted molar refractivity (Wildman–Crippen MR) is 57.2 cm³/mol. The highest BCUT2D eigenvalue weighted by atomic mass is 16.2. The first-order chi connectivity index (χ1) is 7.06. The van der Waals surface area contributed by atoms with Crippen molar-refractivity contribution >= 4 is 11.8 Å². The smallest absolute Gasteiger partial charge is 0.242 e. The van der Waals surface area contributed by atoms with Crippen molar-refractivity contribution in [1.82, 2.24) is 16.0 Å². The number of amides is 2. The molecule has 2 amide bonds. The molecule has 86 valence electrons. The Hall–Kier alpha value is -1.10. The second kappa shape index (κ2) is 5.11. The number of hydrogen-bond acceptors (Lipinski definition) is 3. The Morgan fingerprint density at radius 1 is 1.47 bits per heavy atom. The lowest BCUT2D eigenvalue weighted by molar-refractivity contribution is -0.130. The van der Waals surface area contributed by atoms with Gasteiger partial charge in [-0.1, -0.05) is 0 Å². The van der Waals surface area contributed by atoms with E-state index >= 15 is 0 Å². The van der Waals surface area contributed by atoms with Crippen LogP contribution in [0.5, 0.6) is 0 Å². The van der Waals surface area contributed by atoms with E-state index in [-0.39, 0.29) is 23.8 Å². The van der Waals surface area contributed by atoms with E-state index in [9.17, 15) is 9.59 Å². The number of rotatable bonds is 3. The third-order valence-electron chi connectivity index (χ3n) is 2.86. The van der Waals surface area contributed by atoms with E-state index in [1.807, 2.05) is 6.92 Å². The number of carbonyl (C=O) groups excluding carboxylic acids is 2. The Morgan fingerprint density at radius 3 is 2.60 bits per heavy atom. The molecule has 1 heterocycles. The number of nitrogens with one attached hydrogen (secondary N) is 3. The van der Waals surface area contributed by atoms with Crippen LogP contribution in [0.3, 0.4) is 0 Å². The first-order valence-corrected chi connectivity index (χ1v) is 5.31. The van der Waals surface area contributed by atoms with E-state index in [2.05, 4.69) is 16.0 Å². The zero-order valence-electron chi connectivity index (χ0n) is 9.46. The molecule has 1 aliphatic heterocycles. The predicted octanol–water partition coefficient (Wildman–Crippen LogP) is -0.765. The van der Waals surface area contributed by atoms with Crippen LogP contribution in [-0.2, 0) is 9.59 Å². The second-order valence-corrected chi connectivity index (χ2v) is 3.98. The van der Waals surface area contributed by atoms with Crippen molar-refractivity contribution in [2.45, 2.75) is 32.4 Å². The highest BCUT2D eigenvalue weighted by Crippen LogP contribution is 2.15. The highest BCUT2D eigenvalue weighted by Gasteiger charge is 2.30. The fraction of sp³-hybridized carbons (Fsp3) is 0.800. The maximum atomic E-state index is 11.8. The molecule has 0 spiro atoms. The molecule has 3 atom stereocenters. The zero-order valence-corrected chi connectivity index (χ0v) is 9.46. The lowest BCUT2D eigenvalue weighted by Gasteiger charge is -2.18. The van der Waals surface area contributed by atoms with Gasteiger partial charge in [0.2, 0.25) is 11.8 Å². The van der Waals surface area contributed by atoms with Crippen LogP contribution in [-0.4, -0.2) is 37.5 Å². The third-order valence-corrected chi connectivity index (χ3v) is 2.86. The van der Waals surface area contributed by atoms with Gasteiger partial charge in [0, 0.05) is 13.1 Å². The van der Waals surface area contributed by atoms with Gasteiger partial charge in [-0.2, -0.15) is 0 Å². The van der Waals surface area contributed by atoms with Crippen molar-refractivity contribution in [2.75, 3.05) is 13.6 Å². The number of likely N-dealkylation sites (N-methyl/N-ethyl adjacent to an activating group) is 1. The quantitative estimate of drug-likeness (QED) is 0.577. The van der Waals surface area contributed by atoms with E-state index in [0.29, 0.717) is 0 Å². The van der Waals surface area contributed by atoms with Crippen molar-refractivity contribution in [3.63, 3.8) is 0 Å². The molecule has 0 radical (unpaired) electrons. The fourth-order valence-electron chi connectivity index (χ4n) is 1.82. The zero-order chi connectivity index (χ0) is 11.4. The van der Waals surface area contributed by atoms with Gasteiger partial charge in [-0.05, 0) is 26.8 Å². The van der Waals surface area contributed by atoms with Crippen LogP contribution in [0.1, 0.15) is 20.3 Å². The molecule has 5 heteroatoms. The van der Waals surface area contributed by atoms with Gasteiger partial charge in [0.15, 0.2) is 0 Å². The molecule has 0 aliphatic carbocycles. The van der Waals surface area contributed by atoms with Gasteiger partial charge < -0.3 is 16.0 Å². The second-order valence-electron chi connectivity index (χ2n) is 3.98. The molecule has 1 aliphatic rings. The van der Waals surface area contributed by atoms with Gasteiger partial charge in [0.05, 0.1) is 5.92 Å². The third kappa shape index (κ3) is 2.92. The molecule has 0 aromatic heterocycles. The minimum absolute atomic E-state index is 0.0166. The van der Waals surface area contributed by atoms with Crippen molar-refractivity contribution in [1.29, 1.82) is 0 Å². The van der Waals surface area contributed by atoms with Crippen LogP contribution in [0.25, 0.3) is 0 Å². The summed E-state index contributed by atoms with van der Waals surface area (Å²) in [6.07, 6.45) is 0.841. The minimum atomic E-state index is -0.463. The standard InChI is InChI=1S/C10H19N3O2/c1-6-8(4-5-12-6)10(15)13-7(2)9(14)11-3/h6-8,12H,4-5H2,1-3H3,(H,11,14)(H,13,15). The largest absolute Gasteiger partial charge is 0.357 e. The van der Waals surface area contributed by atoms with Gasteiger partial charge in [-0.15, -0.1) is 0 Å². The molecular formula is C10H19N3O2. The normalized spacial score (nSPS) is 27.1. The maximum Gasteiger partial charge on any atom is 0.242 e. The van der Waals surface area contributed by atoms with E-state index < -0.39 is 6.04 Å². The van der Waals surface area contributed by atoms with Crippen molar-refractivity contribution in [3.05, 3.63) is 0 Å². The summed E-state index contributed by atoms with van der Waals surface area (Å²) in [5, 5.41) is 8.42. The van der Waals surface area contributed by atoms with E-state index in [1.165, 1.54) is 0 Å². The summed E-state index contributed by atoms with van der Waals surface area (Å²) < 4.78 is 0. The molecular weight excluding hydrogens is 194 g/mol. The average Bonchev–Trinajstić information content (AvgIpc) is 2.63. The van der Waals surface area contributed by atoms with Gasteiger partial charge in [0.1, 0.15) is 6.04 Å². The molecule has 0 saturated carbocycles. The van der Waals surface area contributed by atoms with Crippen LogP contribution in [0.15, 0.2) is 0 Å². The minimum Gasteiger partial charge on any atom is -0.357 e. The Kier molecular flexibility index (Phi) is 4.08. The Balaban J connectivity index is 2.44. The van der Waals surface area contributed by atoms with Gasteiger partial charge >= 0.3 is 0 Å². The van der Waals surface area contributed by atoms with Crippen LogP contribution in [0.4, 0.5) is 0 Å². The van der Waals surface area contributed by atoms with Gasteiger partial charge in [0.25, 0.3) is 0 Å². The summed E-state index contributed by atoms with van der Waals surface area (Å²) in [7, 11) is 1.56. The molecule has 0 aromatic carbocycles. The van der Waals surface area contributed by atoms with Crippen molar-refractivity contribution in [3.8, 4) is 0 Å². The molecule has 1 saturated heterocycles. The van der Waals surface area contributed by atoms with Crippen LogP contribution in [0.2, 0.25) is 0 Å². The lowest BCUT2D eigenvalue weighted by Crippen LogP contribution is -2.47. The average molecular weight is 213 g/mol. The molecule has 1 fully saturated rings. The summed E-state index contributed by atoms with van der Waals surface area (Å²) in [5.41, 5.74) is 0. The molecule has 3 unspecified atom stereocenters. The Labute approximate surface area is 90.0 Å². The SMILES string of the molecule is CNC(=O)C(C)NC(=O)C1CCNC1C. The van der Waals surface area contributed by atoms with Crippen LogP contribution >= 0.6 is 0 Å². The first kappa shape index (κ1) is 12.0. The van der Waals surface area contributed by atoms with E-state index in [1.54, 1.807) is 14.0 Å². The summed E-state index contributed by atoms with van der Waals surface area (Å²) in [4.78, 5) is 23.0. The maximum absolute atomic E-state index is 11.8. The Bertz CT molecular complexity index is 255. The molecule has 3 N–H and O–H groups in total. The van der Waals surface area contributed by atoms with Crippen LogP contribution in [0, 0.1) is 5.92 Å². The van der Waals surface area contributed by atoms with E-state index in [0.717, 1.165) is 13.0 Å². The van der Waals surface area contributed by atoms with Crippen LogP contribution < -0.4 is 16.0 Å². The van der Waals surface area contributed by atoms with Gasteiger partial charge in [-0.25, -0.2) is 0 Å². The monoisotopic (exact) mass is 213 g/mol. The molecule has 5 nitrogen and oxygen atoms in total. The van der Waals surface area contributed by atoms with Crippen molar-refractivity contribution in [2.24, 2.45) is 5.92 Å². The first-order valence-electron chi connectivity index (χ1n) is 5.31. The summed E-state index contributed by atoms with van der Waals surface area (Å²) >= 11 is 0. The number of carbonyl (C=O) groups is 2. The summed E-state index contributed by atoms with van der Waals surface area (Å²) in [5.74, 6) is -0.220. The molecule has 0 bridgehead atoms. The fourth-order valence-corrected chi connectivity index (χ4v) is 1.82. The summed E-state index contributed by atoms with van der Waals surface area (Å²) in [6.45, 7) is 4.54. The Morgan fingerprint density at radius 2 is 2.13 bits per heavy atom. The van der Waals surface area contributed by atoms with Crippen molar-refractivity contribution < 1.29 is 9.59 Å². The highest BCUT2D eigenvalue weighted by molar-refractivity contribution is 5.88. The molecule has 15 heavy (non-hydrogen) atoms. The lowest BCUT2D eigenvalue weighted by atomic mass is 10.0. The molecule has 1 rings (SSSR count). The number of hydrogen-bond donors (Lipinski definition) is 3. The van der Waals surface area contributed by atoms with E-state index in [4.69, 9.17) is 0 Å². The summed E-state index contributed by atoms with van der Waals surface area (Å²) in [6, 6.07) is -0.266.